The molecule has 7 heteroatoms. The van der Waals surface area contributed by atoms with E-state index < -0.39 is 11.7 Å². The SMILES string of the molecule is Cc1[nH]c2ccccc2c1C(=O)C(=O)N1CC(Oc2cc(C#N)ccn2)C1. The quantitative estimate of drug-likeness (QED) is 0.568. The second kappa shape index (κ2) is 6.57. The summed E-state index contributed by atoms with van der Waals surface area (Å²) in [5.41, 5.74) is 2.39. The van der Waals surface area contributed by atoms with Crippen molar-refractivity contribution in [3.63, 3.8) is 0 Å². The number of ether oxygens (including phenoxy) is 1. The van der Waals surface area contributed by atoms with Gasteiger partial charge in [0.15, 0.2) is 0 Å². The number of nitriles is 1. The number of likely N-dealkylation sites (tertiary alicyclic amines) is 1. The summed E-state index contributed by atoms with van der Waals surface area (Å²) in [6, 6.07) is 12.6. The van der Waals surface area contributed by atoms with Gasteiger partial charge in [-0.15, -0.1) is 0 Å². The topological polar surface area (TPSA) is 99.1 Å². The first-order chi connectivity index (χ1) is 13.1. The van der Waals surface area contributed by atoms with Gasteiger partial charge < -0.3 is 14.6 Å². The number of amides is 1. The molecule has 1 aliphatic rings. The van der Waals surface area contributed by atoms with Crippen LogP contribution in [-0.2, 0) is 4.79 Å². The van der Waals surface area contributed by atoms with Gasteiger partial charge in [-0.3, -0.25) is 9.59 Å². The molecule has 0 bridgehead atoms. The zero-order valence-electron chi connectivity index (χ0n) is 14.6. The Balaban J connectivity index is 1.43. The Morgan fingerprint density at radius 3 is 2.85 bits per heavy atom. The van der Waals surface area contributed by atoms with Gasteiger partial charge in [-0.25, -0.2) is 4.98 Å². The molecule has 2 aromatic heterocycles. The normalized spacial score (nSPS) is 13.9. The molecular formula is C20H16N4O3. The molecule has 1 amide bonds. The fourth-order valence-electron chi connectivity index (χ4n) is 3.21. The summed E-state index contributed by atoms with van der Waals surface area (Å²) in [4.78, 5) is 33.9. The van der Waals surface area contributed by atoms with Gasteiger partial charge in [0.05, 0.1) is 30.3 Å². The zero-order chi connectivity index (χ0) is 19.0. The highest BCUT2D eigenvalue weighted by Gasteiger charge is 2.37. The lowest BCUT2D eigenvalue weighted by molar-refractivity contribution is -0.134. The maximum atomic E-state index is 12.7. The highest BCUT2D eigenvalue weighted by Crippen LogP contribution is 2.24. The summed E-state index contributed by atoms with van der Waals surface area (Å²) in [5, 5.41) is 9.65. The van der Waals surface area contributed by atoms with Gasteiger partial charge in [-0.05, 0) is 19.1 Å². The standard InChI is InChI=1S/C20H16N4O3/c1-12-18(15-4-2-3-5-16(15)23-12)19(25)20(26)24-10-14(11-24)27-17-8-13(9-21)6-7-22-17/h2-8,14,23H,10-11H2,1H3. The number of aryl methyl sites for hydroxylation is 1. The Kier molecular flexibility index (Phi) is 4.09. The smallest absolute Gasteiger partial charge is 0.295 e. The van der Waals surface area contributed by atoms with Crippen molar-refractivity contribution in [3.05, 3.63) is 59.4 Å². The maximum absolute atomic E-state index is 12.7. The molecule has 1 aromatic carbocycles. The number of ketones is 1. The van der Waals surface area contributed by atoms with E-state index in [9.17, 15) is 9.59 Å². The van der Waals surface area contributed by atoms with Crippen molar-refractivity contribution in [1.29, 1.82) is 5.26 Å². The van der Waals surface area contributed by atoms with Crippen LogP contribution in [0.4, 0.5) is 0 Å². The average molecular weight is 360 g/mol. The third kappa shape index (κ3) is 3.02. The first kappa shape index (κ1) is 16.8. The lowest BCUT2D eigenvalue weighted by Gasteiger charge is -2.38. The number of aromatic nitrogens is 2. The van der Waals surface area contributed by atoms with Crippen LogP contribution < -0.4 is 4.74 Å². The molecule has 134 valence electrons. The van der Waals surface area contributed by atoms with Crippen LogP contribution in [0.2, 0.25) is 0 Å². The lowest BCUT2D eigenvalue weighted by Crippen LogP contribution is -2.58. The monoisotopic (exact) mass is 360 g/mol. The van der Waals surface area contributed by atoms with Crippen LogP contribution in [0.15, 0.2) is 42.6 Å². The van der Waals surface area contributed by atoms with Crippen molar-refractivity contribution in [2.24, 2.45) is 0 Å². The van der Waals surface area contributed by atoms with Crippen LogP contribution >= 0.6 is 0 Å². The van der Waals surface area contributed by atoms with Gasteiger partial charge in [0.25, 0.3) is 11.7 Å². The molecule has 1 N–H and O–H groups in total. The molecule has 7 nitrogen and oxygen atoms in total. The van der Waals surface area contributed by atoms with Gasteiger partial charge in [0, 0.05) is 28.9 Å². The van der Waals surface area contributed by atoms with Crippen LogP contribution in [0.1, 0.15) is 21.6 Å². The van der Waals surface area contributed by atoms with E-state index >= 15 is 0 Å². The number of hydrogen-bond donors (Lipinski definition) is 1. The second-order valence-corrected chi connectivity index (χ2v) is 6.44. The predicted octanol–water partition coefficient (Wildman–Crippen LogP) is 2.22. The Labute approximate surface area is 155 Å². The molecule has 1 aliphatic heterocycles. The molecule has 0 saturated carbocycles. The minimum absolute atomic E-state index is 0.243. The first-order valence-corrected chi connectivity index (χ1v) is 8.50. The van der Waals surface area contributed by atoms with E-state index in [1.165, 1.54) is 11.1 Å². The van der Waals surface area contributed by atoms with Crippen LogP contribution in [0.25, 0.3) is 10.9 Å². The van der Waals surface area contributed by atoms with E-state index in [0.717, 1.165) is 10.9 Å². The largest absolute Gasteiger partial charge is 0.471 e. The van der Waals surface area contributed by atoms with E-state index in [0.29, 0.717) is 35.8 Å². The molecule has 3 heterocycles. The number of hydrogen-bond acceptors (Lipinski definition) is 5. The van der Waals surface area contributed by atoms with Crippen molar-refractivity contribution in [3.8, 4) is 11.9 Å². The maximum Gasteiger partial charge on any atom is 0.295 e. The first-order valence-electron chi connectivity index (χ1n) is 8.50. The lowest BCUT2D eigenvalue weighted by atomic mass is 10.0. The fraction of sp³-hybridized carbons (Fsp3) is 0.200. The van der Waals surface area contributed by atoms with Gasteiger partial charge in [0.2, 0.25) is 5.88 Å². The van der Waals surface area contributed by atoms with Gasteiger partial charge >= 0.3 is 0 Å². The van der Waals surface area contributed by atoms with Crippen molar-refractivity contribution in [1.82, 2.24) is 14.9 Å². The molecule has 0 atom stereocenters. The number of carbonyl (C=O) groups excluding carboxylic acids is 2. The Morgan fingerprint density at radius 1 is 1.30 bits per heavy atom. The number of Topliss-reactive ketones (excluding diaryl/α,β-unsaturated/α-hetero) is 1. The number of nitrogens with one attached hydrogen (secondary N) is 1. The molecule has 0 radical (unpaired) electrons. The number of rotatable bonds is 4. The van der Waals surface area contributed by atoms with Crippen molar-refractivity contribution < 1.29 is 14.3 Å². The molecule has 0 spiro atoms. The minimum Gasteiger partial charge on any atom is -0.471 e. The summed E-state index contributed by atoms with van der Waals surface area (Å²) in [6.45, 7) is 2.41. The van der Waals surface area contributed by atoms with Crippen molar-refractivity contribution >= 4 is 22.6 Å². The van der Waals surface area contributed by atoms with E-state index in [1.54, 1.807) is 19.1 Å². The van der Waals surface area contributed by atoms with Crippen LogP contribution in [-0.4, -0.2) is 45.8 Å². The fourth-order valence-corrected chi connectivity index (χ4v) is 3.21. The number of nitrogens with zero attached hydrogens (tertiary/aromatic N) is 3. The number of fused-ring (bicyclic) bond motifs is 1. The average Bonchev–Trinajstić information content (AvgIpc) is 2.99. The summed E-state index contributed by atoms with van der Waals surface area (Å²) < 4.78 is 5.66. The second-order valence-electron chi connectivity index (χ2n) is 6.44. The summed E-state index contributed by atoms with van der Waals surface area (Å²) >= 11 is 0. The predicted molar refractivity (Wildman–Crippen MR) is 97.3 cm³/mol. The zero-order valence-corrected chi connectivity index (χ0v) is 14.6. The van der Waals surface area contributed by atoms with Crippen LogP contribution in [0, 0.1) is 18.3 Å². The molecular weight excluding hydrogens is 344 g/mol. The van der Waals surface area contributed by atoms with E-state index in [-0.39, 0.29) is 6.10 Å². The number of carbonyl (C=O) groups is 2. The van der Waals surface area contributed by atoms with E-state index in [1.807, 2.05) is 30.3 Å². The van der Waals surface area contributed by atoms with E-state index in [4.69, 9.17) is 10.00 Å². The minimum atomic E-state index is -0.540. The van der Waals surface area contributed by atoms with Gasteiger partial charge in [0.1, 0.15) is 6.10 Å². The summed E-state index contributed by atoms with van der Waals surface area (Å²) in [6.07, 6.45) is 1.26. The van der Waals surface area contributed by atoms with Crippen molar-refractivity contribution in [2.45, 2.75) is 13.0 Å². The molecule has 0 aliphatic carbocycles. The number of pyridine rings is 1. The third-order valence-electron chi connectivity index (χ3n) is 4.60. The molecule has 4 rings (SSSR count). The van der Waals surface area contributed by atoms with Crippen molar-refractivity contribution in [2.75, 3.05) is 13.1 Å². The summed E-state index contributed by atoms with van der Waals surface area (Å²) in [7, 11) is 0. The molecule has 3 aromatic rings. The third-order valence-corrected chi connectivity index (χ3v) is 4.60. The van der Waals surface area contributed by atoms with Crippen LogP contribution in [0.3, 0.4) is 0 Å². The Bertz CT molecular complexity index is 1090. The van der Waals surface area contributed by atoms with Gasteiger partial charge in [-0.2, -0.15) is 5.26 Å². The number of benzene rings is 1. The summed E-state index contributed by atoms with van der Waals surface area (Å²) in [5.74, 6) is -0.723. The highest BCUT2D eigenvalue weighted by atomic mass is 16.5. The number of para-hydroxylation sites is 1. The van der Waals surface area contributed by atoms with Gasteiger partial charge in [-0.1, -0.05) is 18.2 Å². The number of H-pyrrole nitrogens is 1. The molecule has 27 heavy (non-hydrogen) atoms. The Morgan fingerprint density at radius 2 is 2.07 bits per heavy atom. The molecule has 1 fully saturated rings. The number of aromatic amines is 1. The highest BCUT2D eigenvalue weighted by molar-refractivity contribution is 6.45. The van der Waals surface area contributed by atoms with E-state index in [2.05, 4.69) is 9.97 Å². The molecule has 1 saturated heterocycles. The molecule has 0 unspecified atom stereocenters. The Hall–Kier alpha value is -3.66. The van der Waals surface area contributed by atoms with Crippen LogP contribution in [0.5, 0.6) is 5.88 Å².